The van der Waals surface area contributed by atoms with Crippen LogP contribution in [0.1, 0.15) is 15.9 Å². The van der Waals surface area contributed by atoms with Gasteiger partial charge >= 0.3 is 0 Å². The first-order chi connectivity index (χ1) is 10.8. The number of phenolic OH excluding ortho intramolecular Hbond substituents is 2. The lowest BCUT2D eigenvalue weighted by atomic mass is 10.2. The minimum absolute atomic E-state index is 0.0491. The van der Waals surface area contributed by atoms with Crippen molar-refractivity contribution in [3.8, 4) is 11.5 Å². The summed E-state index contributed by atoms with van der Waals surface area (Å²) in [6.07, 6.45) is 2.26. The molecule has 0 bridgehead atoms. The summed E-state index contributed by atoms with van der Waals surface area (Å²) in [6.45, 7) is 0. The molecular weight excluding hydrogens is 320 g/mol. The Balaban J connectivity index is 2.07. The van der Waals surface area contributed by atoms with Crippen LogP contribution in [-0.4, -0.2) is 37.0 Å². The molecule has 0 aliphatic carbocycles. The zero-order valence-electron chi connectivity index (χ0n) is 12.1. The number of phenols is 2. The van der Waals surface area contributed by atoms with Crippen LogP contribution >= 0.6 is 0 Å². The molecule has 7 nitrogen and oxygen atoms in total. The number of nitrogens with one attached hydrogen (secondary N) is 1. The van der Waals surface area contributed by atoms with Crippen LogP contribution in [0.15, 0.2) is 52.5 Å². The highest BCUT2D eigenvalue weighted by Gasteiger charge is 2.09. The van der Waals surface area contributed by atoms with E-state index in [1.165, 1.54) is 48.7 Å². The van der Waals surface area contributed by atoms with Crippen molar-refractivity contribution >= 4 is 22.0 Å². The van der Waals surface area contributed by atoms with Gasteiger partial charge in [0.2, 0.25) is 0 Å². The van der Waals surface area contributed by atoms with E-state index in [0.717, 1.165) is 6.26 Å². The van der Waals surface area contributed by atoms with Crippen LogP contribution in [-0.2, 0) is 9.84 Å². The molecule has 0 aromatic heterocycles. The normalized spacial score (nSPS) is 11.5. The van der Waals surface area contributed by atoms with Gasteiger partial charge in [-0.1, -0.05) is 0 Å². The Morgan fingerprint density at radius 1 is 1.13 bits per heavy atom. The largest absolute Gasteiger partial charge is 0.508 e. The molecule has 3 N–H and O–H groups in total. The minimum Gasteiger partial charge on any atom is -0.508 e. The molecule has 0 spiro atoms. The Bertz CT molecular complexity index is 858. The molecule has 8 heteroatoms. The van der Waals surface area contributed by atoms with Gasteiger partial charge in [-0.3, -0.25) is 4.79 Å². The van der Waals surface area contributed by atoms with Gasteiger partial charge in [0.25, 0.3) is 5.91 Å². The van der Waals surface area contributed by atoms with Gasteiger partial charge in [-0.2, -0.15) is 5.10 Å². The molecule has 0 radical (unpaired) electrons. The van der Waals surface area contributed by atoms with Crippen LogP contribution in [0.2, 0.25) is 0 Å². The number of carbonyl (C=O) groups excluding carboxylic acids is 1. The van der Waals surface area contributed by atoms with E-state index in [-0.39, 0.29) is 27.5 Å². The average Bonchev–Trinajstić information content (AvgIpc) is 2.50. The topological polar surface area (TPSA) is 116 Å². The van der Waals surface area contributed by atoms with Crippen molar-refractivity contribution in [1.29, 1.82) is 0 Å². The summed E-state index contributed by atoms with van der Waals surface area (Å²) in [6, 6.07) is 9.28. The van der Waals surface area contributed by atoms with E-state index in [2.05, 4.69) is 10.5 Å². The summed E-state index contributed by atoms with van der Waals surface area (Å²) in [5.41, 5.74) is 2.71. The first-order valence-corrected chi connectivity index (χ1v) is 8.32. The first kappa shape index (κ1) is 16.5. The third-order valence-corrected chi connectivity index (χ3v) is 4.05. The molecule has 0 atom stereocenters. The summed E-state index contributed by atoms with van der Waals surface area (Å²) in [5.74, 6) is -0.689. The number of nitrogens with zero attached hydrogens (tertiary/aromatic N) is 1. The molecule has 0 heterocycles. The van der Waals surface area contributed by atoms with E-state index >= 15 is 0 Å². The van der Waals surface area contributed by atoms with Crippen molar-refractivity contribution in [2.24, 2.45) is 5.10 Å². The zero-order valence-corrected chi connectivity index (χ0v) is 12.9. The number of aromatic hydroxyl groups is 2. The molecule has 2 aromatic carbocycles. The lowest BCUT2D eigenvalue weighted by Gasteiger charge is -2.02. The van der Waals surface area contributed by atoms with E-state index in [1.807, 2.05) is 0 Å². The lowest BCUT2D eigenvalue weighted by molar-refractivity contribution is 0.0955. The fourth-order valence-corrected chi connectivity index (χ4v) is 2.35. The standard InChI is InChI=1S/C15H14N2O5S/c1-23(21,22)13-5-2-10(3-6-13)15(20)17-16-9-11-8-12(18)4-7-14(11)19/h2-9,18-19H,1H3,(H,17,20)/b16-9+. The highest BCUT2D eigenvalue weighted by Crippen LogP contribution is 2.20. The Hall–Kier alpha value is -2.87. The molecule has 0 aliphatic heterocycles. The molecule has 0 unspecified atom stereocenters. The molecular formula is C15H14N2O5S. The highest BCUT2D eigenvalue weighted by atomic mass is 32.2. The number of carbonyl (C=O) groups is 1. The molecule has 2 rings (SSSR count). The molecule has 0 saturated carbocycles. The van der Waals surface area contributed by atoms with Crippen molar-refractivity contribution in [1.82, 2.24) is 5.43 Å². The van der Waals surface area contributed by atoms with Crippen LogP contribution in [0.5, 0.6) is 11.5 Å². The van der Waals surface area contributed by atoms with E-state index in [1.54, 1.807) is 0 Å². The van der Waals surface area contributed by atoms with Gasteiger partial charge in [0.05, 0.1) is 11.1 Å². The van der Waals surface area contributed by atoms with Crippen molar-refractivity contribution in [3.63, 3.8) is 0 Å². The number of sulfone groups is 1. The SMILES string of the molecule is CS(=O)(=O)c1ccc(C(=O)N/N=C/c2cc(O)ccc2O)cc1. The lowest BCUT2D eigenvalue weighted by Crippen LogP contribution is -2.17. The van der Waals surface area contributed by atoms with E-state index < -0.39 is 15.7 Å². The summed E-state index contributed by atoms with van der Waals surface area (Å²) >= 11 is 0. The van der Waals surface area contributed by atoms with Crippen LogP contribution in [0.25, 0.3) is 0 Å². The quantitative estimate of drug-likeness (QED) is 0.442. The Labute approximate surface area is 132 Å². The smallest absolute Gasteiger partial charge is 0.271 e. The number of amides is 1. The van der Waals surface area contributed by atoms with Crippen LogP contribution in [0.4, 0.5) is 0 Å². The second kappa shape index (κ2) is 6.49. The Morgan fingerprint density at radius 3 is 2.39 bits per heavy atom. The zero-order chi connectivity index (χ0) is 17.0. The predicted octanol–water partition coefficient (Wildman–Crippen LogP) is 1.27. The van der Waals surface area contributed by atoms with Crippen molar-refractivity contribution < 1.29 is 23.4 Å². The van der Waals surface area contributed by atoms with Gasteiger partial charge in [-0.25, -0.2) is 13.8 Å². The van der Waals surface area contributed by atoms with Crippen LogP contribution < -0.4 is 5.43 Å². The predicted molar refractivity (Wildman–Crippen MR) is 84.4 cm³/mol. The maximum atomic E-state index is 11.9. The fourth-order valence-electron chi connectivity index (χ4n) is 1.72. The van der Waals surface area contributed by atoms with Gasteiger partial charge in [-0.05, 0) is 42.5 Å². The van der Waals surface area contributed by atoms with Crippen LogP contribution in [0, 0.1) is 0 Å². The fraction of sp³-hybridized carbons (Fsp3) is 0.0667. The van der Waals surface area contributed by atoms with E-state index in [4.69, 9.17) is 0 Å². The summed E-state index contributed by atoms with van der Waals surface area (Å²) in [5, 5.41) is 22.5. The molecule has 2 aromatic rings. The van der Waals surface area contributed by atoms with Gasteiger partial charge in [-0.15, -0.1) is 0 Å². The molecule has 120 valence electrons. The van der Waals surface area contributed by atoms with E-state index in [0.29, 0.717) is 0 Å². The van der Waals surface area contributed by atoms with Gasteiger partial charge in [0, 0.05) is 17.4 Å². The van der Waals surface area contributed by atoms with Gasteiger partial charge in [0.15, 0.2) is 9.84 Å². The number of benzene rings is 2. The third-order valence-electron chi connectivity index (χ3n) is 2.93. The van der Waals surface area contributed by atoms with Crippen molar-refractivity contribution in [3.05, 3.63) is 53.6 Å². The summed E-state index contributed by atoms with van der Waals surface area (Å²) < 4.78 is 22.7. The second-order valence-electron chi connectivity index (χ2n) is 4.74. The average molecular weight is 334 g/mol. The number of hydrogen-bond donors (Lipinski definition) is 3. The number of hydrogen-bond acceptors (Lipinski definition) is 6. The van der Waals surface area contributed by atoms with Crippen LogP contribution in [0.3, 0.4) is 0 Å². The highest BCUT2D eigenvalue weighted by molar-refractivity contribution is 7.90. The van der Waals surface area contributed by atoms with Crippen molar-refractivity contribution in [2.45, 2.75) is 4.90 Å². The first-order valence-electron chi connectivity index (χ1n) is 6.43. The molecule has 0 fully saturated rings. The molecule has 0 aliphatic rings. The third kappa shape index (κ3) is 4.30. The van der Waals surface area contributed by atoms with Crippen molar-refractivity contribution in [2.75, 3.05) is 6.26 Å². The molecule has 1 amide bonds. The Morgan fingerprint density at radius 2 is 1.78 bits per heavy atom. The molecule has 0 saturated heterocycles. The molecule has 23 heavy (non-hydrogen) atoms. The number of hydrazone groups is 1. The Kier molecular flexibility index (Phi) is 4.65. The summed E-state index contributed by atoms with van der Waals surface area (Å²) in [7, 11) is -3.32. The monoisotopic (exact) mass is 334 g/mol. The maximum absolute atomic E-state index is 11.9. The van der Waals surface area contributed by atoms with Gasteiger partial charge < -0.3 is 10.2 Å². The maximum Gasteiger partial charge on any atom is 0.271 e. The number of rotatable bonds is 4. The van der Waals surface area contributed by atoms with E-state index in [9.17, 15) is 23.4 Å². The summed E-state index contributed by atoms with van der Waals surface area (Å²) in [4.78, 5) is 12.0. The second-order valence-corrected chi connectivity index (χ2v) is 6.75. The minimum atomic E-state index is -3.32. The van der Waals surface area contributed by atoms with Gasteiger partial charge in [0.1, 0.15) is 11.5 Å².